The third-order valence-corrected chi connectivity index (χ3v) is 15.6. The van der Waals surface area contributed by atoms with Gasteiger partial charge in [-0.05, 0) is 44.2 Å². The van der Waals surface area contributed by atoms with Gasteiger partial charge in [0.2, 0.25) is 0 Å². The molecular formula is C50H50Cl2SiZr. The van der Waals surface area contributed by atoms with Crippen molar-refractivity contribution < 1.29 is 23.3 Å². The van der Waals surface area contributed by atoms with Crippen LogP contribution >= 0.6 is 24.8 Å². The molecule has 54 heavy (non-hydrogen) atoms. The van der Waals surface area contributed by atoms with Crippen LogP contribution in [0, 0.1) is 6.08 Å². The first kappa shape index (κ1) is 43.1. The van der Waals surface area contributed by atoms with E-state index in [9.17, 15) is 0 Å². The summed E-state index contributed by atoms with van der Waals surface area (Å²) in [5, 5.41) is 8.40. The van der Waals surface area contributed by atoms with Crippen molar-refractivity contribution in [2.75, 3.05) is 0 Å². The van der Waals surface area contributed by atoms with Crippen molar-refractivity contribution in [3.63, 3.8) is 0 Å². The summed E-state index contributed by atoms with van der Waals surface area (Å²) in [6.45, 7) is 13.9. The molecule has 0 bridgehead atoms. The summed E-state index contributed by atoms with van der Waals surface area (Å²) in [4.78, 5) is 0. The van der Waals surface area contributed by atoms with Crippen LogP contribution in [0.1, 0.15) is 59.1 Å². The van der Waals surface area contributed by atoms with Gasteiger partial charge in [-0.3, -0.25) is 6.08 Å². The Morgan fingerprint density at radius 1 is 0.537 bits per heavy atom. The first-order chi connectivity index (χ1) is 25.0. The minimum atomic E-state index is -0.455. The molecule has 7 aromatic carbocycles. The molecule has 8 rings (SSSR count). The van der Waals surface area contributed by atoms with Crippen molar-refractivity contribution in [2.45, 2.75) is 58.8 Å². The van der Waals surface area contributed by atoms with Gasteiger partial charge in [-0.2, -0.15) is 6.08 Å². The van der Waals surface area contributed by atoms with Crippen molar-refractivity contribution in [2.24, 2.45) is 0 Å². The van der Waals surface area contributed by atoms with Gasteiger partial charge in [0.1, 0.15) is 0 Å². The molecule has 0 fully saturated rings. The molecule has 0 radical (unpaired) electrons. The van der Waals surface area contributed by atoms with Gasteiger partial charge >= 0.3 is 99.8 Å². The monoisotopic (exact) mass is 838 g/mol. The third-order valence-electron chi connectivity index (χ3n) is 9.48. The Labute approximate surface area is 351 Å². The van der Waals surface area contributed by atoms with Crippen molar-refractivity contribution in [1.29, 1.82) is 0 Å². The molecule has 1 aliphatic carbocycles. The number of rotatable bonds is 4. The zero-order valence-electron chi connectivity index (χ0n) is 32.2. The number of benzene rings is 6. The van der Waals surface area contributed by atoms with E-state index in [1.165, 1.54) is 65.3 Å². The van der Waals surface area contributed by atoms with Gasteiger partial charge < -0.3 is 0 Å². The molecule has 0 aliphatic heterocycles. The number of halogens is 2. The van der Waals surface area contributed by atoms with Crippen molar-refractivity contribution >= 4 is 62.2 Å². The third kappa shape index (κ3) is 10.6. The number of allylic oxidation sites excluding steroid dienone is 4. The van der Waals surface area contributed by atoms with E-state index in [1.807, 2.05) is 12.2 Å². The quantitative estimate of drug-likeness (QED) is 0.122. The predicted molar refractivity (Wildman–Crippen MR) is 239 cm³/mol. The average Bonchev–Trinajstić information content (AvgIpc) is 3.86. The Morgan fingerprint density at radius 2 is 0.907 bits per heavy atom. The van der Waals surface area contributed by atoms with E-state index in [2.05, 4.69) is 205 Å². The first-order valence-corrected chi connectivity index (χ1v) is 23.4. The normalized spacial score (nSPS) is 11.9. The molecule has 0 unspecified atom stereocenters. The fraction of sp³-hybridized carbons (Fsp3) is 0.180. The van der Waals surface area contributed by atoms with Gasteiger partial charge in [0.05, 0.1) is 0 Å². The van der Waals surface area contributed by atoms with Crippen LogP contribution in [0.3, 0.4) is 0 Å². The molecule has 1 aliphatic rings. The second-order valence-electron chi connectivity index (χ2n) is 15.5. The van der Waals surface area contributed by atoms with Gasteiger partial charge in [-0.1, -0.05) is 114 Å². The van der Waals surface area contributed by atoms with Crippen LogP contribution in [0.25, 0.3) is 43.8 Å². The molecule has 0 heterocycles. The summed E-state index contributed by atoms with van der Waals surface area (Å²) in [7, 11) is 0. The van der Waals surface area contributed by atoms with Crippen LogP contribution in [0.4, 0.5) is 0 Å². The van der Waals surface area contributed by atoms with Crippen LogP contribution in [-0.4, -0.2) is 5.43 Å². The second-order valence-corrected chi connectivity index (χ2v) is 21.0. The van der Waals surface area contributed by atoms with Gasteiger partial charge in [-0.15, -0.1) is 71.0 Å². The molecule has 7 aromatic rings. The fourth-order valence-electron chi connectivity index (χ4n) is 6.78. The molecule has 0 atom stereocenters. The van der Waals surface area contributed by atoms with Gasteiger partial charge in [0.15, 0.2) is 0 Å². The summed E-state index contributed by atoms with van der Waals surface area (Å²) >= 11 is 1.64. The summed E-state index contributed by atoms with van der Waals surface area (Å²) < 4.78 is 0. The SMILES string of the molecule is CC(C)(C)c1cc2c(cc1-c1ccccc1)[cH-]c1cc(-c3ccccc3)c(C(C)(C)C)cc12.Cl.Cl.[C-]1=CC=CC1.[Zr+2]=[Si](c1ccccc1)c1ccccc1. The summed E-state index contributed by atoms with van der Waals surface area (Å²) in [5.41, 5.74) is 7.71. The Balaban J connectivity index is 0.000000255. The second kappa shape index (κ2) is 19.3. The number of fused-ring (bicyclic) bond motifs is 3. The standard InChI is InChI=1S/C33H33.C12H10Si.C5H5.2ClH.Zr/c1-32(2,3)30-20-26-24(18-28(30)22-13-9-7-10-14-22)17-25-19-29(23-15-11-8-12-16-23)31(21-27(25)26)33(4,5)6;1-3-7-11(8-4-1)13-12-9-5-2-6-10-12;1-2-4-5-3-1;;;/h7-21H,1-6H3;1-10H;1-3H,4H2;2*1H;/q-1;;-1;;;+2. The Kier molecular flexibility index (Phi) is 15.4. The van der Waals surface area contributed by atoms with Crippen molar-refractivity contribution in [3.8, 4) is 22.3 Å². The van der Waals surface area contributed by atoms with Crippen LogP contribution in [0.2, 0.25) is 0 Å². The maximum absolute atomic E-state index is 2.99. The van der Waals surface area contributed by atoms with E-state index in [4.69, 9.17) is 0 Å². The van der Waals surface area contributed by atoms with E-state index in [0.717, 1.165) is 6.42 Å². The molecule has 0 amide bonds. The van der Waals surface area contributed by atoms with Crippen LogP contribution < -0.4 is 10.4 Å². The summed E-state index contributed by atoms with van der Waals surface area (Å²) in [6.07, 6.45) is 10.0. The van der Waals surface area contributed by atoms with Crippen molar-refractivity contribution in [1.82, 2.24) is 0 Å². The fourth-order valence-corrected chi connectivity index (χ4v) is 10.6. The zero-order valence-corrected chi connectivity index (χ0v) is 37.3. The zero-order chi connectivity index (χ0) is 36.7. The Bertz CT molecular complexity index is 2160. The summed E-state index contributed by atoms with van der Waals surface area (Å²) in [5.74, 6) is 0. The van der Waals surface area contributed by atoms with Gasteiger partial charge in [0.25, 0.3) is 0 Å². The molecule has 0 saturated heterocycles. The van der Waals surface area contributed by atoms with E-state index >= 15 is 0 Å². The van der Waals surface area contributed by atoms with Crippen LogP contribution in [0.15, 0.2) is 170 Å². The number of hydrogen-bond acceptors (Lipinski definition) is 0. The molecule has 0 aromatic heterocycles. The van der Waals surface area contributed by atoms with Gasteiger partial charge in [-0.25, -0.2) is 12.2 Å². The number of hydrogen-bond donors (Lipinski definition) is 0. The van der Waals surface area contributed by atoms with E-state index in [0.29, 0.717) is 0 Å². The van der Waals surface area contributed by atoms with Crippen molar-refractivity contribution in [3.05, 3.63) is 187 Å². The predicted octanol–water partition coefficient (Wildman–Crippen LogP) is 13.1. The Hall–Kier alpha value is -3.65. The molecule has 272 valence electrons. The van der Waals surface area contributed by atoms with E-state index in [1.54, 1.807) is 23.3 Å². The first-order valence-electron chi connectivity index (χ1n) is 18.2. The molecule has 0 saturated carbocycles. The van der Waals surface area contributed by atoms with Gasteiger partial charge in [0, 0.05) is 0 Å². The topological polar surface area (TPSA) is 0 Å². The van der Waals surface area contributed by atoms with Crippen LogP contribution in [0.5, 0.6) is 0 Å². The molecule has 0 spiro atoms. The van der Waals surface area contributed by atoms with E-state index < -0.39 is 5.43 Å². The van der Waals surface area contributed by atoms with E-state index in [-0.39, 0.29) is 35.6 Å². The maximum atomic E-state index is 2.99. The molecular weight excluding hydrogens is 791 g/mol. The molecule has 0 N–H and O–H groups in total. The molecule has 0 nitrogen and oxygen atoms in total. The minimum absolute atomic E-state index is 0. The average molecular weight is 841 g/mol. The summed E-state index contributed by atoms with van der Waals surface area (Å²) in [6, 6.07) is 55.4. The molecule has 4 heteroatoms. The van der Waals surface area contributed by atoms with Crippen LogP contribution in [-0.2, 0) is 34.2 Å². The Morgan fingerprint density at radius 3 is 1.20 bits per heavy atom.